The van der Waals surface area contributed by atoms with Crippen molar-refractivity contribution in [3.8, 4) is 0 Å². The molecule has 122 valence electrons. The largest absolute Gasteiger partial charge is 0.385 e. The number of nitrogens with one attached hydrogen (secondary N) is 2. The van der Waals surface area contributed by atoms with E-state index in [1.54, 1.807) is 0 Å². The van der Waals surface area contributed by atoms with Gasteiger partial charge >= 0.3 is 0 Å². The highest BCUT2D eigenvalue weighted by Gasteiger charge is 2.04. The molecule has 2 aromatic carbocycles. The predicted octanol–water partition coefficient (Wildman–Crippen LogP) is 4.78. The van der Waals surface area contributed by atoms with Crippen molar-refractivity contribution in [2.24, 2.45) is 0 Å². The second-order valence-corrected chi connectivity index (χ2v) is 5.93. The SMILES string of the molecule is CCCCCNc1ccc(NC(=O)Cc2cccc(C)c2)cc1. The molecule has 0 unspecified atom stereocenters. The van der Waals surface area contributed by atoms with Gasteiger partial charge in [-0.3, -0.25) is 4.79 Å². The standard InChI is InChI=1S/C20H26N2O/c1-3-4-5-13-21-18-9-11-19(12-10-18)22-20(23)15-17-8-6-7-16(2)14-17/h6-12,14,21H,3-5,13,15H2,1-2H3,(H,22,23). The summed E-state index contributed by atoms with van der Waals surface area (Å²) in [5.74, 6) is 0.0132. The van der Waals surface area contributed by atoms with Crippen LogP contribution < -0.4 is 10.6 Å². The topological polar surface area (TPSA) is 41.1 Å². The van der Waals surface area contributed by atoms with Crippen LogP contribution in [0, 0.1) is 6.92 Å². The minimum Gasteiger partial charge on any atom is -0.385 e. The van der Waals surface area contributed by atoms with Crippen LogP contribution in [0.25, 0.3) is 0 Å². The third kappa shape index (κ3) is 6.15. The highest BCUT2D eigenvalue weighted by Crippen LogP contribution is 2.14. The van der Waals surface area contributed by atoms with Crippen molar-refractivity contribution in [2.45, 2.75) is 39.5 Å². The number of unbranched alkanes of at least 4 members (excludes halogenated alkanes) is 2. The van der Waals surface area contributed by atoms with Gasteiger partial charge in [0.1, 0.15) is 0 Å². The molecule has 2 aromatic rings. The number of aryl methyl sites for hydroxylation is 1. The van der Waals surface area contributed by atoms with Gasteiger partial charge in [-0.1, -0.05) is 49.6 Å². The van der Waals surface area contributed by atoms with Crippen molar-refractivity contribution >= 4 is 17.3 Å². The highest BCUT2D eigenvalue weighted by molar-refractivity contribution is 5.92. The number of benzene rings is 2. The number of carbonyl (C=O) groups is 1. The second kappa shape index (κ2) is 8.99. The van der Waals surface area contributed by atoms with Crippen LogP contribution in [0.1, 0.15) is 37.3 Å². The molecule has 2 rings (SSSR count). The van der Waals surface area contributed by atoms with E-state index in [4.69, 9.17) is 0 Å². The normalized spacial score (nSPS) is 10.3. The van der Waals surface area contributed by atoms with Gasteiger partial charge in [0, 0.05) is 17.9 Å². The van der Waals surface area contributed by atoms with E-state index < -0.39 is 0 Å². The zero-order valence-corrected chi connectivity index (χ0v) is 14.1. The van der Waals surface area contributed by atoms with Crippen molar-refractivity contribution < 1.29 is 4.79 Å². The lowest BCUT2D eigenvalue weighted by Crippen LogP contribution is -2.14. The molecule has 0 bridgehead atoms. The Kier molecular flexibility index (Phi) is 6.67. The second-order valence-electron chi connectivity index (χ2n) is 5.93. The van der Waals surface area contributed by atoms with Crippen molar-refractivity contribution in [1.82, 2.24) is 0 Å². The Morgan fingerprint density at radius 1 is 1.00 bits per heavy atom. The van der Waals surface area contributed by atoms with Crippen LogP contribution in [-0.2, 0) is 11.2 Å². The average molecular weight is 310 g/mol. The zero-order valence-electron chi connectivity index (χ0n) is 14.1. The Morgan fingerprint density at radius 3 is 2.43 bits per heavy atom. The molecule has 0 aliphatic heterocycles. The lowest BCUT2D eigenvalue weighted by molar-refractivity contribution is -0.115. The molecule has 1 amide bonds. The van der Waals surface area contributed by atoms with Crippen LogP contribution in [0.15, 0.2) is 48.5 Å². The van der Waals surface area contributed by atoms with Crippen LogP contribution in [0.4, 0.5) is 11.4 Å². The fourth-order valence-corrected chi connectivity index (χ4v) is 2.49. The molecule has 0 saturated carbocycles. The first kappa shape index (κ1) is 17.1. The Bertz CT molecular complexity index is 620. The highest BCUT2D eigenvalue weighted by atomic mass is 16.1. The fourth-order valence-electron chi connectivity index (χ4n) is 2.49. The minimum absolute atomic E-state index is 0.0132. The average Bonchev–Trinajstić information content (AvgIpc) is 2.53. The molecule has 3 nitrogen and oxygen atoms in total. The van der Waals surface area contributed by atoms with Crippen LogP contribution >= 0.6 is 0 Å². The van der Waals surface area contributed by atoms with Gasteiger partial charge in [0.05, 0.1) is 6.42 Å². The van der Waals surface area contributed by atoms with Crippen molar-refractivity contribution in [2.75, 3.05) is 17.2 Å². The van der Waals surface area contributed by atoms with Gasteiger partial charge in [-0.15, -0.1) is 0 Å². The molecule has 0 aliphatic rings. The van der Waals surface area contributed by atoms with Crippen LogP contribution in [0.3, 0.4) is 0 Å². The van der Waals surface area contributed by atoms with Gasteiger partial charge in [-0.2, -0.15) is 0 Å². The first-order chi connectivity index (χ1) is 11.2. The van der Waals surface area contributed by atoms with Gasteiger partial charge < -0.3 is 10.6 Å². The number of hydrogen-bond acceptors (Lipinski definition) is 2. The zero-order chi connectivity index (χ0) is 16.5. The first-order valence-corrected chi connectivity index (χ1v) is 8.36. The van der Waals surface area contributed by atoms with Crippen LogP contribution in [0.2, 0.25) is 0 Å². The molecule has 0 spiro atoms. The van der Waals surface area contributed by atoms with E-state index in [2.05, 4.69) is 17.6 Å². The maximum atomic E-state index is 12.1. The number of anilines is 2. The summed E-state index contributed by atoms with van der Waals surface area (Å²) < 4.78 is 0. The van der Waals surface area contributed by atoms with E-state index in [1.807, 2.05) is 55.5 Å². The molecular formula is C20H26N2O. The van der Waals surface area contributed by atoms with Crippen molar-refractivity contribution in [3.63, 3.8) is 0 Å². The summed E-state index contributed by atoms with van der Waals surface area (Å²) in [6, 6.07) is 15.9. The van der Waals surface area contributed by atoms with E-state index in [9.17, 15) is 4.79 Å². The van der Waals surface area contributed by atoms with Gasteiger partial charge in [-0.25, -0.2) is 0 Å². The van der Waals surface area contributed by atoms with Gasteiger partial charge in [0.2, 0.25) is 5.91 Å². The molecule has 0 aliphatic carbocycles. The number of hydrogen-bond donors (Lipinski definition) is 2. The molecular weight excluding hydrogens is 284 g/mol. The summed E-state index contributed by atoms with van der Waals surface area (Å²) in [5.41, 5.74) is 4.14. The van der Waals surface area contributed by atoms with Crippen LogP contribution in [-0.4, -0.2) is 12.5 Å². The van der Waals surface area contributed by atoms with Gasteiger partial charge in [-0.05, 0) is 43.2 Å². The summed E-state index contributed by atoms with van der Waals surface area (Å²) in [6.07, 6.45) is 4.07. The predicted molar refractivity (Wildman–Crippen MR) is 98.0 cm³/mol. The maximum absolute atomic E-state index is 12.1. The molecule has 0 radical (unpaired) electrons. The molecule has 0 fully saturated rings. The first-order valence-electron chi connectivity index (χ1n) is 8.36. The lowest BCUT2D eigenvalue weighted by atomic mass is 10.1. The number of amides is 1. The lowest BCUT2D eigenvalue weighted by Gasteiger charge is -2.09. The molecule has 0 heterocycles. The molecule has 0 saturated heterocycles. The Balaban J connectivity index is 1.81. The van der Waals surface area contributed by atoms with E-state index in [0.29, 0.717) is 6.42 Å². The van der Waals surface area contributed by atoms with Gasteiger partial charge in [0.15, 0.2) is 0 Å². The summed E-state index contributed by atoms with van der Waals surface area (Å²) in [5, 5.41) is 6.34. The van der Waals surface area contributed by atoms with E-state index in [1.165, 1.54) is 24.8 Å². The van der Waals surface area contributed by atoms with E-state index >= 15 is 0 Å². The van der Waals surface area contributed by atoms with E-state index in [0.717, 1.165) is 23.5 Å². The summed E-state index contributed by atoms with van der Waals surface area (Å²) >= 11 is 0. The minimum atomic E-state index is 0.0132. The molecule has 2 N–H and O–H groups in total. The maximum Gasteiger partial charge on any atom is 0.228 e. The van der Waals surface area contributed by atoms with Crippen molar-refractivity contribution in [3.05, 3.63) is 59.7 Å². The third-order valence-corrected chi connectivity index (χ3v) is 3.73. The van der Waals surface area contributed by atoms with Gasteiger partial charge in [0.25, 0.3) is 0 Å². The van der Waals surface area contributed by atoms with Crippen LogP contribution in [0.5, 0.6) is 0 Å². The molecule has 3 heteroatoms. The Labute approximate surface area is 139 Å². The Morgan fingerprint density at radius 2 is 1.74 bits per heavy atom. The quantitative estimate of drug-likeness (QED) is 0.689. The smallest absolute Gasteiger partial charge is 0.228 e. The van der Waals surface area contributed by atoms with E-state index in [-0.39, 0.29) is 5.91 Å². The van der Waals surface area contributed by atoms with Crippen molar-refractivity contribution in [1.29, 1.82) is 0 Å². The molecule has 0 atom stereocenters. The molecule has 0 aromatic heterocycles. The molecule has 23 heavy (non-hydrogen) atoms. The Hall–Kier alpha value is -2.29. The number of rotatable bonds is 8. The summed E-state index contributed by atoms with van der Waals surface area (Å²) in [6.45, 7) is 5.23. The fraction of sp³-hybridized carbons (Fsp3) is 0.350. The summed E-state index contributed by atoms with van der Waals surface area (Å²) in [7, 11) is 0. The monoisotopic (exact) mass is 310 g/mol. The summed E-state index contributed by atoms with van der Waals surface area (Å²) in [4.78, 5) is 12.1. The third-order valence-electron chi connectivity index (χ3n) is 3.73. The number of carbonyl (C=O) groups excluding carboxylic acids is 1.